The molecule has 0 bridgehead atoms. The van der Waals surface area contributed by atoms with Gasteiger partial charge in [0, 0.05) is 32.2 Å². The second kappa shape index (κ2) is 6.71. The van der Waals surface area contributed by atoms with Crippen molar-refractivity contribution in [2.45, 2.75) is 32.2 Å². The lowest BCUT2D eigenvalue weighted by Gasteiger charge is -2.31. The van der Waals surface area contributed by atoms with E-state index in [1.165, 1.54) is 4.31 Å². The summed E-state index contributed by atoms with van der Waals surface area (Å²) in [5.74, 6) is 0.987. The van der Waals surface area contributed by atoms with Crippen molar-refractivity contribution in [1.82, 2.24) is 9.03 Å². The van der Waals surface area contributed by atoms with Crippen molar-refractivity contribution in [3.8, 4) is 0 Å². The van der Waals surface area contributed by atoms with Crippen LogP contribution in [-0.2, 0) is 16.6 Å². The van der Waals surface area contributed by atoms with E-state index < -0.39 is 10.2 Å². The van der Waals surface area contributed by atoms with E-state index in [0.717, 1.165) is 5.76 Å². The number of nitrogens with zero attached hydrogens (tertiary/aromatic N) is 1. The molecule has 7 heteroatoms. The van der Waals surface area contributed by atoms with Crippen LogP contribution in [0.3, 0.4) is 0 Å². The second-order valence-corrected chi connectivity index (χ2v) is 7.03. The summed E-state index contributed by atoms with van der Waals surface area (Å²) in [6, 6.07) is 3.40. The Labute approximate surface area is 120 Å². The first kappa shape index (κ1) is 15.5. The molecule has 2 heterocycles. The highest BCUT2D eigenvalue weighted by Crippen LogP contribution is 2.18. The summed E-state index contributed by atoms with van der Waals surface area (Å²) in [7, 11) is -3.46. The first-order chi connectivity index (χ1) is 9.51. The highest BCUT2D eigenvalue weighted by atomic mass is 32.2. The van der Waals surface area contributed by atoms with Crippen LogP contribution in [0.25, 0.3) is 0 Å². The van der Waals surface area contributed by atoms with Crippen LogP contribution in [-0.4, -0.2) is 43.6 Å². The van der Waals surface area contributed by atoms with Crippen LogP contribution < -0.4 is 4.72 Å². The molecule has 2 rings (SSSR count). The van der Waals surface area contributed by atoms with Crippen molar-refractivity contribution in [2.24, 2.45) is 5.92 Å². The normalized spacial score (nSPS) is 20.1. The van der Waals surface area contributed by atoms with Crippen LogP contribution in [0.4, 0.5) is 0 Å². The van der Waals surface area contributed by atoms with Gasteiger partial charge in [-0.05, 0) is 37.8 Å². The summed E-state index contributed by atoms with van der Waals surface area (Å²) >= 11 is 0. The first-order valence-electron chi connectivity index (χ1n) is 6.92. The molecule has 6 nitrogen and oxygen atoms in total. The molecule has 1 aromatic heterocycles. The van der Waals surface area contributed by atoms with Crippen molar-refractivity contribution >= 4 is 10.2 Å². The summed E-state index contributed by atoms with van der Waals surface area (Å²) in [6.45, 7) is 2.89. The predicted octanol–water partition coefficient (Wildman–Crippen LogP) is 0.749. The number of hydrogen-bond donors (Lipinski definition) is 2. The van der Waals surface area contributed by atoms with Gasteiger partial charge in [-0.1, -0.05) is 0 Å². The fourth-order valence-electron chi connectivity index (χ4n) is 2.43. The Kier molecular flexibility index (Phi) is 5.20. The Hall–Kier alpha value is -0.890. The largest absolute Gasteiger partial charge is 0.469 e. The van der Waals surface area contributed by atoms with Gasteiger partial charge in [-0.3, -0.25) is 0 Å². The van der Waals surface area contributed by atoms with E-state index in [1.54, 1.807) is 12.3 Å². The average Bonchev–Trinajstić information content (AvgIpc) is 2.91. The van der Waals surface area contributed by atoms with Gasteiger partial charge in [-0.25, -0.2) is 0 Å². The molecule has 1 atom stereocenters. The molecule has 114 valence electrons. The Morgan fingerprint density at radius 2 is 2.20 bits per heavy atom. The lowest BCUT2D eigenvalue weighted by atomic mass is 10.00. The molecule has 0 radical (unpaired) electrons. The molecule has 2 N–H and O–H groups in total. The van der Waals surface area contributed by atoms with Gasteiger partial charge in [-0.2, -0.15) is 17.4 Å². The summed E-state index contributed by atoms with van der Waals surface area (Å²) in [5, 5.41) is 9.08. The standard InChI is InChI=1S/C13H22N2O4S/c1-11(9-13-3-2-8-19-13)14-20(17,18)15-6-4-12(10-16)5-7-15/h2-3,8,11-12,14,16H,4-7,9-10H2,1H3. The van der Waals surface area contributed by atoms with Crippen LogP contribution in [0, 0.1) is 5.92 Å². The number of rotatable bonds is 6. The van der Waals surface area contributed by atoms with Gasteiger partial charge in [0.15, 0.2) is 0 Å². The molecule has 1 fully saturated rings. The monoisotopic (exact) mass is 302 g/mol. The highest BCUT2D eigenvalue weighted by molar-refractivity contribution is 7.87. The van der Waals surface area contributed by atoms with Gasteiger partial charge >= 0.3 is 0 Å². The highest BCUT2D eigenvalue weighted by Gasteiger charge is 2.28. The van der Waals surface area contributed by atoms with Crippen molar-refractivity contribution in [3.05, 3.63) is 24.2 Å². The lowest BCUT2D eigenvalue weighted by molar-refractivity contribution is 0.169. The Balaban J connectivity index is 1.87. The number of aliphatic hydroxyl groups is 1. The molecule has 1 unspecified atom stereocenters. The summed E-state index contributed by atoms with van der Waals surface area (Å²) in [5.41, 5.74) is 0. The molecule has 0 spiro atoms. The third-order valence-corrected chi connectivity index (χ3v) is 5.35. The molecule has 1 aliphatic rings. The smallest absolute Gasteiger partial charge is 0.279 e. The zero-order chi connectivity index (χ0) is 14.6. The van der Waals surface area contributed by atoms with Crippen molar-refractivity contribution in [1.29, 1.82) is 0 Å². The van der Waals surface area contributed by atoms with Crippen molar-refractivity contribution < 1.29 is 17.9 Å². The number of hydrogen-bond acceptors (Lipinski definition) is 4. The minimum atomic E-state index is -3.46. The molecule has 0 aromatic carbocycles. The first-order valence-corrected chi connectivity index (χ1v) is 8.36. The van der Waals surface area contributed by atoms with E-state index in [-0.39, 0.29) is 18.6 Å². The SMILES string of the molecule is CC(Cc1ccco1)NS(=O)(=O)N1CCC(CO)CC1. The number of furan rings is 1. The van der Waals surface area contributed by atoms with Crippen LogP contribution in [0.5, 0.6) is 0 Å². The summed E-state index contributed by atoms with van der Waals surface area (Å²) < 4.78 is 33.8. The van der Waals surface area contributed by atoms with Crippen molar-refractivity contribution in [3.63, 3.8) is 0 Å². The lowest BCUT2D eigenvalue weighted by Crippen LogP contribution is -2.48. The molecular formula is C13H22N2O4S. The average molecular weight is 302 g/mol. The minimum Gasteiger partial charge on any atom is -0.469 e. The van der Waals surface area contributed by atoms with E-state index in [9.17, 15) is 8.42 Å². The quantitative estimate of drug-likeness (QED) is 0.812. The van der Waals surface area contributed by atoms with Crippen LogP contribution in [0.15, 0.2) is 22.8 Å². The fourth-order valence-corrected chi connectivity index (χ4v) is 3.87. The Morgan fingerprint density at radius 3 is 2.75 bits per heavy atom. The van der Waals surface area contributed by atoms with Crippen LogP contribution in [0.1, 0.15) is 25.5 Å². The van der Waals surface area contributed by atoms with Crippen LogP contribution >= 0.6 is 0 Å². The van der Waals surface area contributed by atoms with Gasteiger partial charge < -0.3 is 9.52 Å². The van der Waals surface area contributed by atoms with Gasteiger partial charge in [-0.15, -0.1) is 0 Å². The topological polar surface area (TPSA) is 82.8 Å². The molecule has 0 amide bonds. The maximum Gasteiger partial charge on any atom is 0.279 e. The van der Waals surface area contributed by atoms with Crippen molar-refractivity contribution in [2.75, 3.05) is 19.7 Å². The number of nitrogens with one attached hydrogen (secondary N) is 1. The van der Waals surface area contributed by atoms with Crippen LogP contribution in [0.2, 0.25) is 0 Å². The van der Waals surface area contributed by atoms with E-state index in [4.69, 9.17) is 9.52 Å². The Morgan fingerprint density at radius 1 is 1.50 bits per heavy atom. The third-order valence-electron chi connectivity index (χ3n) is 3.61. The van der Waals surface area contributed by atoms with E-state index in [0.29, 0.717) is 32.4 Å². The molecule has 20 heavy (non-hydrogen) atoms. The number of piperidine rings is 1. The molecular weight excluding hydrogens is 280 g/mol. The van der Waals surface area contributed by atoms with Gasteiger partial charge in [0.05, 0.1) is 6.26 Å². The third kappa shape index (κ3) is 4.05. The number of aliphatic hydroxyl groups excluding tert-OH is 1. The maximum absolute atomic E-state index is 12.2. The Bertz CT molecular complexity index is 492. The summed E-state index contributed by atoms with van der Waals surface area (Å²) in [6.07, 6.45) is 3.53. The molecule has 1 aliphatic heterocycles. The minimum absolute atomic E-state index is 0.135. The van der Waals surface area contributed by atoms with Gasteiger partial charge in [0.25, 0.3) is 10.2 Å². The molecule has 0 aliphatic carbocycles. The molecule has 1 aromatic rings. The van der Waals surface area contributed by atoms with Gasteiger partial charge in [0.2, 0.25) is 0 Å². The predicted molar refractivity (Wildman–Crippen MR) is 75.3 cm³/mol. The zero-order valence-corrected chi connectivity index (χ0v) is 12.5. The van der Waals surface area contributed by atoms with E-state index in [2.05, 4.69) is 4.72 Å². The molecule has 0 saturated carbocycles. The van der Waals surface area contributed by atoms with E-state index in [1.807, 2.05) is 13.0 Å². The second-order valence-electron chi connectivity index (χ2n) is 5.33. The summed E-state index contributed by atoms with van der Waals surface area (Å²) in [4.78, 5) is 0. The zero-order valence-electron chi connectivity index (χ0n) is 11.7. The van der Waals surface area contributed by atoms with Gasteiger partial charge in [0.1, 0.15) is 5.76 Å². The van der Waals surface area contributed by atoms with E-state index >= 15 is 0 Å². The molecule has 1 saturated heterocycles. The fraction of sp³-hybridized carbons (Fsp3) is 0.692. The maximum atomic E-state index is 12.2.